The van der Waals surface area contributed by atoms with E-state index in [1.807, 2.05) is 0 Å². The highest BCUT2D eigenvalue weighted by Gasteiger charge is 2.71. The fraction of sp³-hybridized carbons (Fsp3) is 0.917. The molecule has 262 valence electrons. The quantitative estimate of drug-likeness (QED) is 0.177. The maximum Gasteiger partial charge on any atom is 0.310 e. The van der Waals surface area contributed by atoms with Crippen LogP contribution in [0.4, 0.5) is 0 Å². The molecule has 0 aromatic rings. The second kappa shape index (κ2) is 10.9. The molecule has 0 amide bonds. The highest BCUT2D eigenvalue weighted by molar-refractivity contribution is 5.77. The summed E-state index contributed by atoms with van der Waals surface area (Å²) < 4.78 is 12.0. The Morgan fingerprint density at radius 1 is 0.891 bits per heavy atom. The standard InChI is InChI=1S/C36H58O10/c1-31(2)14-19-18-8-9-23-33(5)15-20(38)28(42)32(3,4)22(33)10-11-35(23,7)34(18,6)12-13-36(19,30(43)44)16-24(31)46-29-27(41)26(40)25(39)21(17-37)45-29/h8,19-29,37-42H,9-17H2,1-7H3,(H,43,44)/t19?,20-,21-,22?,23-,24+,25-,26+,27-,28-,29+,33+,34-,35-,36-/m1/s1. The van der Waals surface area contributed by atoms with Crippen LogP contribution in [0, 0.1) is 50.2 Å². The molecule has 4 saturated carbocycles. The number of carbonyl (C=O) groups is 1. The zero-order valence-electron chi connectivity index (χ0n) is 28.6. The number of fused-ring (bicyclic) bond motifs is 7. The van der Waals surface area contributed by atoms with E-state index in [-0.39, 0.29) is 40.4 Å². The molecule has 0 aromatic carbocycles. The Balaban J connectivity index is 1.34. The molecule has 1 saturated heterocycles. The van der Waals surface area contributed by atoms with Crippen molar-refractivity contribution >= 4 is 5.97 Å². The molecule has 7 N–H and O–H groups in total. The number of aliphatic carboxylic acids is 1. The lowest BCUT2D eigenvalue weighted by Crippen LogP contribution is -2.67. The van der Waals surface area contributed by atoms with Gasteiger partial charge in [0.05, 0.1) is 30.3 Å². The topological polar surface area (TPSA) is 177 Å². The SMILES string of the molecule is CC1(C)CC2C3=CC[C@@H]4[C@@]5(C)C[C@@H](O)[C@@H](O)C(C)(C)C5CC[C@@]4(C)[C@]3(C)CC[C@@]2(C(=O)O)C[C@@H]1O[C@@H]1O[C@H](CO)[C@@H](O)[C@H](O)[C@H]1O. The van der Waals surface area contributed by atoms with Gasteiger partial charge in [-0.1, -0.05) is 60.1 Å². The monoisotopic (exact) mass is 650 g/mol. The van der Waals surface area contributed by atoms with E-state index in [4.69, 9.17) is 9.47 Å². The molecule has 5 aliphatic carbocycles. The third-order valence-electron chi connectivity index (χ3n) is 15.3. The predicted octanol–water partition coefficient (Wildman–Crippen LogP) is 3.00. The van der Waals surface area contributed by atoms with Gasteiger partial charge in [-0.3, -0.25) is 4.79 Å². The van der Waals surface area contributed by atoms with Gasteiger partial charge in [-0.25, -0.2) is 0 Å². The van der Waals surface area contributed by atoms with Crippen molar-refractivity contribution in [2.24, 2.45) is 50.2 Å². The molecular formula is C36H58O10. The Morgan fingerprint density at radius 2 is 1.57 bits per heavy atom. The minimum Gasteiger partial charge on any atom is -0.481 e. The summed E-state index contributed by atoms with van der Waals surface area (Å²) in [5.41, 5.74) is -1.30. The minimum atomic E-state index is -1.57. The summed E-state index contributed by atoms with van der Waals surface area (Å²) in [6.07, 6.45) is -1.61. The molecule has 1 aliphatic heterocycles. The van der Waals surface area contributed by atoms with Crippen molar-refractivity contribution in [3.8, 4) is 0 Å². The maximum absolute atomic E-state index is 13.4. The fourth-order valence-electron chi connectivity index (χ4n) is 12.3. The first-order chi connectivity index (χ1) is 21.2. The van der Waals surface area contributed by atoms with Crippen LogP contribution in [-0.2, 0) is 14.3 Å². The second-order valence-electron chi connectivity index (χ2n) is 18.1. The molecule has 15 atom stereocenters. The van der Waals surface area contributed by atoms with Gasteiger partial charge < -0.3 is 45.2 Å². The molecule has 2 unspecified atom stereocenters. The number of carboxylic acids is 1. The maximum atomic E-state index is 13.4. The van der Waals surface area contributed by atoms with Crippen LogP contribution in [0.25, 0.3) is 0 Å². The molecule has 0 radical (unpaired) electrons. The number of allylic oxidation sites excluding steroid dienone is 2. The lowest BCUT2D eigenvalue weighted by molar-refractivity contribution is -0.325. The predicted molar refractivity (Wildman–Crippen MR) is 168 cm³/mol. The van der Waals surface area contributed by atoms with Crippen molar-refractivity contribution < 1.29 is 50.0 Å². The number of carboxylic acid groups (broad SMARTS) is 1. The van der Waals surface area contributed by atoms with Crippen LogP contribution >= 0.6 is 0 Å². The average Bonchev–Trinajstić information content (AvgIpc) is 2.96. The van der Waals surface area contributed by atoms with Crippen molar-refractivity contribution in [3.63, 3.8) is 0 Å². The molecular weight excluding hydrogens is 592 g/mol. The largest absolute Gasteiger partial charge is 0.481 e. The third-order valence-corrected chi connectivity index (χ3v) is 15.3. The van der Waals surface area contributed by atoms with E-state index in [0.29, 0.717) is 25.7 Å². The van der Waals surface area contributed by atoms with E-state index >= 15 is 0 Å². The Hall–Kier alpha value is -1.11. The van der Waals surface area contributed by atoms with Crippen molar-refractivity contribution in [3.05, 3.63) is 11.6 Å². The van der Waals surface area contributed by atoms with E-state index in [1.165, 1.54) is 5.57 Å². The van der Waals surface area contributed by atoms with Gasteiger partial charge in [-0.05, 0) is 96.2 Å². The fourth-order valence-corrected chi connectivity index (χ4v) is 12.3. The van der Waals surface area contributed by atoms with Crippen LogP contribution in [-0.4, -0.2) is 97.3 Å². The molecule has 0 spiro atoms. The van der Waals surface area contributed by atoms with Gasteiger partial charge in [0.2, 0.25) is 0 Å². The van der Waals surface area contributed by atoms with Crippen LogP contribution in [0.5, 0.6) is 0 Å². The normalized spacial score (nSPS) is 54.4. The molecule has 0 bridgehead atoms. The van der Waals surface area contributed by atoms with Crippen molar-refractivity contribution in [1.29, 1.82) is 0 Å². The number of ether oxygens (including phenoxy) is 2. The van der Waals surface area contributed by atoms with Crippen LogP contribution in [0.3, 0.4) is 0 Å². The van der Waals surface area contributed by atoms with Gasteiger partial charge in [0.15, 0.2) is 6.29 Å². The second-order valence-corrected chi connectivity index (χ2v) is 18.1. The van der Waals surface area contributed by atoms with Crippen molar-refractivity contribution in [2.75, 3.05) is 6.61 Å². The average molecular weight is 651 g/mol. The zero-order valence-corrected chi connectivity index (χ0v) is 28.6. The summed E-state index contributed by atoms with van der Waals surface area (Å²) in [7, 11) is 0. The summed E-state index contributed by atoms with van der Waals surface area (Å²) >= 11 is 0. The summed E-state index contributed by atoms with van der Waals surface area (Å²) in [4.78, 5) is 13.4. The Labute approximate surface area is 273 Å². The van der Waals surface area contributed by atoms with Crippen molar-refractivity contribution in [2.45, 2.75) is 149 Å². The lowest BCUT2D eigenvalue weighted by Gasteiger charge is -2.71. The van der Waals surface area contributed by atoms with E-state index < -0.39 is 77.8 Å². The Kier molecular flexibility index (Phi) is 8.27. The first kappa shape index (κ1) is 34.7. The number of hydrogen-bond acceptors (Lipinski definition) is 9. The number of hydrogen-bond donors (Lipinski definition) is 7. The summed E-state index contributed by atoms with van der Waals surface area (Å²) in [6, 6.07) is 0. The van der Waals surface area contributed by atoms with Crippen molar-refractivity contribution in [1.82, 2.24) is 0 Å². The van der Waals surface area contributed by atoms with Gasteiger partial charge in [-0.15, -0.1) is 0 Å². The van der Waals surface area contributed by atoms with Gasteiger partial charge in [0.25, 0.3) is 0 Å². The molecule has 6 aliphatic rings. The lowest BCUT2D eigenvalue weighted by atomic mass is 9.33. The van der Waals surface area contributed by atoms with Gasteiger partial charge in [0, 0.05) is 0 Å². The van der Waals surface area contributed by atoms with Gasteiger partial charge in [-0.2, -0.15) is 0 Å². The summed E-state index contributed by atoms with van der Waals surface area (Å²) in [5.74, 6) is -0.518. The molecule has 6 rings (SSSR count). The zero-order chi connectivity index (χ0) is 34.0. The van der Waals surface area contributed by atoms with Gasteiger partial charge in [0.1, 0.15) is 24.4 Å². The first-order valence-electron chi connectivity index (χ1n) is 17.5. The molecule has 1 heterocycles. The van der Waals surface area contributed by atoms with Gasteiger partial charge >= 0.3 is 5.97 Å². The molecule has 46 heavy (non-hydrogen) atoms. The van der Waals surface area contributed by atoms with Crippen LogP contribution in [0.15, 0.2) is 11.6 Å². The highest BCUT2D eigenvalue weighted by Crippen LogP contribution is 2.76. The molecule has 5 fully saturated rings. The summed E-state index contributed by atoms with van der Waals surface area (Å²) in [6.45, 7) is 14.8. The van der Waals surface area contributed by atoms with Crippen LogP contribution in [0.2, 0.25) is 0 Å². The first-order valence-corrected chi connectivity index (χ1v) is 17.5. The smallest absolute Gasteiger partial charge is 0.310 e. The number of aliphatic hydroxyl groups is 6. The van der Waals surface area contributed by atoms with E-state index in [0.717, 1.165) is 19.3 Å². The Morgan fingerprint density at radius 3 is 2.20 bits per heavy atom. The van der Waals surface area contributed by atoms with Crippen LogP contribution < -0.4 is 0 Å². The van der Waals surface area contributed by atoms with E-state index in [2.05, 4.69) is 54.5 Å². The summed E-state index contributed by atoms with van der Waals surface area (Å²) in [5, 5.41) is 74.2. The molecule has 0 aromatic heterocycles. The highest BCUT2D eigenvalue weighted by atomic mass is 16.7. The number of aliphatic hydroxyl groups excluding tert-OH is 6. The Bertz CT molecular complexity index is 1250. The molecule has 10 nitrogen and oxygen atoms in total. The third kappa shape index (κ3) is 4.53. The molecule has 10 heteroatoms. The van der Waals surface area contributed by atoms with Crippen LogP contribution in [0.1, 0.15) is 99.8 Å². The van der Waals surface area contributed by atoms with E-state index in [9.17, 15) is 40.5 Å². The minimum absolute atomic E-state index is 0.112. The van der Waals surface area contributed by atoms with E-state index in [1.54, 1.807) is 0 Å². The number of rotatable bonds is 4.